The van der Waals surface area contributed by atoms with E-state index >= 15 is 0 Å². The van der Waals surface area contributed by atoms with Gasteiger partial charge >= 0.3 is 0 Å². The zero-order valence-corrected chi connectivity index (χ0v) is 24.6. The third kappa shape index (κ3) is 4.22. The number of Topliss-reactive ketones (excluding diaryl/α,β-unsaturated/α-hetero) is 3. The number of primary amides is 1. The molecule has 5 aliphatic rings. The van der Waals surface area contributed by atoms with Crippen LogP contribution < -0.4 is 10.5 Å². The molecule has 7 atom stereocenters. The molecule has 4 fully saturated rings. The second-order valence-electron chi connectivity index (χ2n) is 12.8. The van der Waals surface area contributed by atoms with Crippen molar-refractivity contribution in [1.29, 1.82) is 0 Å². The van der Waals surface area contributed by atoms with Crippen molar-refractivity contribution in [3.63, 3.8) is 0 Å². The van der Waals surface area contributed by atoms with Crippen LogP contribution in [0, 0.1) is 23.7 Å². The smallest absolute Gasteiger partial charge is 0.231 e. The van der Waals surface area contributed by atoms with Gasteiger partial charge in [-0.25, -0.2) is 9.78 Å². The van der Waals surface area contributed by atoms with Crippen molar-refractivity contribution in [3.05, 3.63) is 22.8 Å². The van der Waals surface area contributed by atoms with Crippen molar-refractivity contribution in [2.45, 2.75) is 50.0 Å². The molecule has 228 valence electrons. The van der Waals surface area contributed by atoms with Gasteiger partial charge in [0.15, 0.2) is 29.1 Å². The first-order valence-electron chi connectivity index (χ1n) is 14.8. The minimum atomic E-state index is -1.64. The number of carbonyl (C=O) groups excluding carboxylic acids is 4. The molecule has 1 aromatic rings. The molecule has 6 rings (SSSR count). The van der Waals surface area contributed by atoms with E-state index in [0.29, 0.717) is 30.7 Å². The predicted octanol–water partition coefficient (Wildman–Crippen LogP) is 0.172. The summed E-state index contributed by atoms with van der Waals surface area (Å²) in [6, 6.07) is 0.738. The van der Waals surface area contributed by atoms with Crippen LogP contribution in [0.3, 0.4) is 0 Å². The summed E-state index contributed by atoms with van der Waals surface area (Å²) in [5.74, 6) is -5.56. The number of carbonyl (C=O) groups is 4. The van der Waals surface area contributed by atoms with Crippen LogP contribution in [0.5, 0.6) is 11.5 Å². The number of phenolic OH excluding ortho intramolecular Hbond substituents is 1. The van der Waals surface area contributed by atoms with Gasteiger partial charge in [-0.15, -0.1) is 0 Å². The first kappa shape index (κ1) is 29.2. The van der Waals surface area contributed by atoms with E-state index in [-0.39, 0.29) is 11.3 Å². The van der Waals surface area contributed by atoms with Gasteiger partial charge < -0.3 is 25.4 Å². The monoisotopic (exact) mass is 584 g/mol. The molecular weight excluding hydrogens is 544 g/mol. The number of likely N-dealkylation sites (tertiary alicyclic amines) is 1. The van der Waals surface area contributed by atoms with E-state index in [0.717, 1.165) is 31.7 Å². The van der Waals surface area contributed by atoms with Crippen molar-refractivity contribution in [1.82, 2.24) is 14.7 Å². The number of nitrogens with zero attached hydrogens (tertiary/aromatic N) is 3. The summed E-state index contributed by atoms with van der Waals surface area (Å²) in [6.45, 7) is 4.55. The summed E-state index contributed by atoms with van der Waals surface area (Å²) in [7, 11) is 6.98. The lowest BCUT2D eigenvalue weighted by atomic mass is 9.51. The second-order valence-corrected chi connectivity index (χ2v) is 12.8. The number of aromatic hydroxyl groups is 1. The summed E-state index contributed by atoms with van der Waals surface area (Å²) < 4.78 is 5.86. The maximum absolute atomic E-state index is 14.3. The van der Waals surface area contributed by atoms with Crippen LogP contribution in [0.25, 0.3) is 0 Å². The molecule has 3 N–H and O–H groups in total. The van der Waals surface area contributed by atoms with E-state index in [1.165, 1.54) is 12.8 Å². The molecule has 2 saturated carbocycles. The Morgan fingerprint density at radius 3 is 2.52 bits per heavy atom. The number of rotatable bonds is 8. The van der Waals surface area contributed by atoms with Gasteiger partial charge in [0.05, 0.1) is 24.6 Å². The van der Waals surface area contributed by atoms with Gasteiger partial charge in [-0.05, 0) is 71.9 Å². The quantitative estimate of drug-likeness (QED) is 0.318. The number of phenols is 1. The number of methoxy groups -OCH3 is 1. The summed E-state index contributed by atoms with van der Waals surface area (Å²) in [5.41, 5.74) is 5.38. The number of fused-ring (bicyclic) bond motifs is 2. The molecule has 2 aliphatic heterocycles. The average molecular weight is 585 g/mol. The van der Waals surface area contributed by atoms with Gasteiger partial charge in [-0.2, -0.15) is 0 Å². The fourth-order valence-corrected chi connectivity index (χ4v) is 8.29. The van der Waals surface area contributed by atoms with E-state index < -0.39 is 64.7 Å². The van der Waals surface area contributed by atoms with Crippen molar-refractivity contribution in [2.24, 2.45) is 29.4 Å². The van der Waals surface area contributed by atoms with Crippen molar-refractivity contribution >= 4 is 23.3 Å². The molecule has 1 aromatic carbocycles. The first-order valence-corrected chi connectivity index (χ1v) is 14.8. The highest BCUT2D eigenvalue weighted by molar-refractivity contribution is 6.18. The molecular formula is C30H40N4O8. The lowest BCUT2D eigenvalue weighted by Gasteiger charge is -2.61. The van der Waals surface area contributed by atoms with Gasteiger partial charge in [0.1, 0.15) is 17.4 Å². The lowest BCUT2D eigenvalue weighted by molar-refractivity contribution is -0.516. The van der Waals surface area contributed by atoms with Crippen LogP contribution in [0.15, 0.2) is 6.07 Å². The maximum Gasteiger partial charge on any atom is 0.231 e. The molecule has 1 spiro atoms. The van der Waals surface area contributed by atoms with Crippen LogP contribution in [-0.2, 0) is 37.1 Å². The number of benzene rings is 1. The fourth-order valence-electron chi connectivity index (χ4n) is 8.29. The molecule has 0 radical (unpaired) electrons. The van der Waals surface area contributed by atoms with Crippen LogP contribution in [0.4, 0.5) is 0 Å². The third-order valence-electron chi connectivity index (χ3n) is 10.2. The van der Waals surface area contributed by atoms with Gasteiger partial charge in [0, 0.05) is 36.7 Å². The van der Waals surface area contributed by atoms with Gasteiger partial charge in [-0.3, -0.25) is 24.1 Å². The summed E-state index contributed by atoms with van der Waals surface area (Å²) in [5, 5.41) is 11.2. The van der Waals surface area contributed by atoms with Gasteiger partial charge in [0.2, 0.25) is 5.91 Å². The van der Waals surface area contributed by atoms with E-state index in [9.17, 15) is 24.3 Å². The molecule has 7 unspecified atom stereocenters. The number of hydrogen-bond acceptors (Lipinski definition) is 11. The number of ether oxygens (including phenoxy) is 1. The number of likely N-dealkylation sites (N-methyl/N-ethyl adjacent to an activating group) is 2. The Bertz CT molecular complexity index is 1330. The highest BCUT2D eigenvalue weighted by Gasteiger charge is 2.76. The van der Waals surface area contributed by atoms with Gasteiger partial charge in [0.25, 0.3) is 0 Å². The van der Waals surface area contributed by atoms with E-state index in [1.54, 1.807) is 32.2 Å². The largest absolute Gasteiger partial charge is 0.507 e. The predicted molar refractivity (Wildman–Crippen MR) is 149 cm³/mol. The van der Waals surface area contributed by atoms with Crippen LogP contribution >= 0.6 is 0 Å². The molecule has 12 nitrogen and oxygen atoms in total. The van der Waals surface area contributed by atoms with Crippen molar-refractivity contribution < 1.29 is 38.8 Å². The number of amides is 1. The van der Waals surface area contributed by atoms with E-state index in [1.807, 2.05) is 7.05 Å². The van der Waals surface area contributed by atoms with Crippen molar-refractivity contribution in [3.8, 4) is 11.5 Å². The topological polar surface area (TPSA) is 152 Å². The Hall–Kier alpha value is -2.90. The third-order valence-corrected chi connectivity index (χ3v) is 10.2. The highest BCUT2D eigenvalue weighted by Crippen LogP contribution is 2.58. The summed E-state index contributed by atoms with van der Waals surface area (Å²) in [6.07, 6.45) is 1.89. The summed E-state index contributed by atoms with van der Waals surface area (Å²) >= 11 is 0. The SMILES string of the molecule is COc1c(CN(C)CCN2CCCC2)cc(O)c2c1CC1CC3C(N(C)C)C(=O)C(C(N)=O)C4OOC34C(=O)C1C2=O. The maximum atomic E-state index is 14.3. The number of ketones is 3. The highest BCUT2D eigenvalue weighted by atomic mass is 17.3. The minimum absolute atomic E-state index is 0.0825. The molecule has 12 heteroatoms. The number of nitrogens with two attached hydrogens (primary N) is 1. The normalized spacial score (nSPS) is 34.1. The molecule has 0 bridgehead atoms. The zero-order valence-electron chi connectivity index (χ0n) is 24.6. The molecule has 2 heterocycles. The minimum Gasteiger partial charge on any atom is -0.507 e. The molecule has 1 amide bonds. The second kappa shape index (κ2) is 10.7. The molecule has 2 saturated heterocycles. The Labute approximate surface area is 244 Å². The Kier molecular flexibility index (Phi) is 7.42. The standard InChI is InChI=1S/C30H40N4O8/c1-32(2)23-18-12-15-11-17-21(19(35)13-16(26(17)40-4)14-33(3)9-10-34-7-5-6-8-34)24(36)20(15)27(38)30(18)28(41-42-30)22(25(23)37)29(31)39/h13,15,18,20,22-23,28,35H,5-12,14H2,1-4H3,(H2,31,39). The van der Waals surface area contributed by atoms with Crippen LogP contribution in [0.2, 0.25) is 0 Å². The van der Waals surface area contributed by atoms with Gasteiger partial charge in [-0.1, -0.05) is 0 Å². The van der Waals surface area contributed by atoms with Crippen LogP contribution in [0.1, 0.15) is 40.7 Å². The molecule has 0 aromatic heterocycles. The van der Waals surface area contributed by atoms with Crippen LogP contribution in [-0.4, -0.2) is 115 Å². The van der Waals surface area contributed by atoms with E-state index in [4.69, 9.17) is 20.2 Å². The Morgan fingerprint density at radius 1 is 1.21 bits per heavy atom. The Morgan fingerprint density at radius 2 is 1.93 bits per heavy atom. The molecule has 3 aliphatic carbocycles. The lowest BCUT2D eigenvalue weighted by Crippen LogP contribution is -2.81. The fraction of sp³-hybridized carbons (Fsp3) is 0.667. The van der Waals surface area contributed by atoms with E-state index in [2.05, 4.69) is 9.80 Å². The molecule has 42 heavy (non-hydrogen) atoms. The first-order chi connectivity index (χ1) is 20.0. The number of hydrogen-bond donors (Lipinski definition) is 2. The average Bonchev–Trinajstić information content (AvgIpc) is 3.42. The summed E-state index contributed by atoms with van der Waals surface area (Å²) in [4.78, 5) is 71.2. The zero-order chi connectivity index (χ0) is 30.1. The Balaban J connectivity index is 1.34. The van der Waals surface area contributed by atoms with Crippen molar-refractivity contribution in [2.75, 3.05) is 54.4 Å².